The number of rotatable bonds is 2. The molecule has 1 saturated carbocycles. The van der Waals surface area contributed by atoms with E-state index in [1.807, 2.05) is 0 Å². The van der Waals surface area contributed by atoms with Crippen LogP contribution in [0.2, 0.25) is 0 Å². The van der Waals surface area contributed by atoms with E-state index in [1.54, 1.807) is 11.0 Å². The summed E-state index contributed by atoms with van der Waals surface area (Å²) in [5.41, 5.74) is 6.05. The first kappa shape index (κ1) is 13.1. The van der Waals surface area contributed by atoms with Crippen LogP contribution in [0.1, 0.15) is 46.0 Å². The van der Waals surface area contributed by atoms with Crippen molar-refractivity contribution in [2.45, 2.75) is 51.5 Å². The zero-order valence-electron chi connectivity index (χ0n) is 11.4. The number of carbonyl (C=O) groups excluding carboxylic acids is 1. The molecule has 0 aromatic heterocycles. The van der Waals surface area contributed by atoms with E-state index in [0.717, 1.165) is 25.7 Å². The molecule has 0 aromatic rings. The Morgan fingerprint density at radius 3 is 2.78 bits per heavy atom. The van der Waals surface area contributed by atoms with Crippen LogP contribution in [-0.2, 0) is 0 Å². The molecular weight excluding hydrogens is 226 g/mol. The van der Waals surface area contributed by atoms with Crippen molar-refractivity contribution < 1.29 is 4.79 Å². The molecule has 0 radical (unpaired) electrons. The highest BCUT2D eigenvalue weighted by Crippen LogP contribution is 2.42. The number of nitrogens with zero attached hydrogens (tertiary/aromatic N) is 2. The first-order valence-electron chi connectivity index (χ1n) is 6.68. The summed E-state index contributed by atoms with van der Waals surface area (Å²) in [4.78, 5) is 17.7. The maximum absolute atomic E-state index is 11.9. The van der Waals surface area contributed by atoms with Gasteiger partial charge in [0, 0.05) is 6.54 Å². The molecule has 0 saturated heterocycles. The molecule has 2 amide bonds. The molecule has 1 aliphatic carbocycles. The summed E-state index contributed by atoms with van der Waals surface area (Å²) >= 11 is 0. The summed E-state index contributed by atoms with van der Waals surface area (Å²) in [7, 11) is 0. The minimum absolute atomic E-state index is 0.202. The van der Waals surface area contributed by atoms with Gasteiger partial charge in [0.25, 0.3) is 0 Å². The maximum Gasteiger partial charge on any atom is 0.346 e. The first-order chi connectivity index (χ1) is 8.41. The summed E-state index contributed by atoms with van der Waals surface area (Å²) in [6, 6.07) is -0.202. The van der Waals surface area contributed by atoms with Gasteiger partial charge in [-0.2, -0.15) is 4.99 Å². The van der Waals surface area contributed by atoms with Crippen molar-refractivity contribution in [2.24, 2.45) is 16.1 Å². The lowest BCUT2D eigenvalue weighted by Gasteiger charge is -2.37. The van der Waals surface area contributed by atoms with Crippen molar-refractivity contribution in [3.05, 3.63) is 12.7 Å². The highest BCUT2D eigenvalue weighted by Gasteiger charge is 2.49. The van der Waals surface area contributed by atoms with Gasteiger partial charge in [0.2, 0.25) is 0 Å². The molecular formula is C14H23N3O. The Morgan fingerprint density at radius 2 is 2.11 bits per heavy atom. The minimum atomic E-state index is -0.348. The molecule has 4 heteroatoms. The van der Waals surface area contributed by atoms with E-state index in [4.69, 9.17) is 5.73 Å². The summed E-state index contributed by atoms with van der Waals surface area (Å²) in [5, 5.41) is 0. The van der Waals surface area contributed by atoms with E-state index in [2.05, 4.69) is 25.4 Å². The third-order valence-corrected chi connectivity index (χ3v) is 4.41. The lowest BCUT2D eigenvalue weighted by Crippen LogP contribution is -2.54. The van der Waals surface area contributed by atoms with Gasteiger partial charge in [0.1, 0.15) is 11.4 Å². The number of carbonyl (C=O) groups is 1. The maximum atomic E-state index is 11.9. The Balaban J connectivity index is 2.29. The molecule has 1 fully saturated rings. The number of aliphatic imine (C=N–C) groups is 1. The molecule has 2 aliphatic rings. The fourth-order valence-corrected chi connectivity index (χ4v) is 3.15. The third kappa shape index (κ3) is 2.04. The molecule has 1 heterocycles. The lowest BCUT2D eigenvalue weighted by atomic mass is 9.83. The Bertz CT molecular complexity index is 400. The number of amidine groups is 1. The van der Waals surface area contributed by atoms with E-state index in [1.165, 1.54) is 6.42 Å². The molecule has 2 rings (SSSR count). The van der Waals surface area contributed by atoms with Crippen LogP contribution >= 0.6 is 0 Å². The van der Waals surface area contributed by atoms with Gasteiger partial charge in [-0.1, -0.05) is 26.3 Å². The number of nitrogens with two attached hydrogens (primary N) is 1. The van der Waals surface area contributed by atoms with Gasteiger partial charge in [-0.25, -0.2) is 4.79 Å². The van der Waals surface area contributed by atoms with E-state index in [0.29, 0.717) is 17.8 Å². The van der Waals surface area contributed by atoms with Crippen LogP contribution < -0.4 is 5.73 Å². The monoisotopic (exact) mass is 249 g/mol. The quantitative estimate of drug-likeness (QED) is 0.765. The average molecular weight is 249 g/mol. The zero-order chi connectivity index (χ0) is 13.4. The number of hydrogen-bond acceptors (Lipinski definition) is 2. The van der Waals surface area contributed by atoms with Gasteiger partial charge >= 0.3 is 6.03 Å². The molecule has 0 aromatic carbocycles. The summed E-state index contributed by atoms with van der Waals surface area (Å²) in [6.45, 7) is 8.83. The van der Waals surface area contributed by atoms with Crippen LogP contribution in [0, 0.1) is 5.41 Å². The molecule has 2 N–H and O–H groups in total. The van der Waals surface area contributed by atoms with Gasteiger partial charge in [-0.3, -0.25) is 0 Å². The fourth-order valence-electron chi connectivity index (χ4n) is 3.15. The minimum Gasteiger partial charge on any atom is -0.385 e. The van der Waals surface area contributed by atoms with E-state index in [-0.39, 0.29) is 11.6 Å². The van der Waals surface area contributed by atoms with Gasteiger partial charge in [0.15, 0.2) is 0 Å². The Morgan fingerprint density at radius 1 is 1.39 bits per heavy atom. The van der Waals surface area contributed by atoms with E-state index >= 15 is 0 Å². The fraction of sp³-hybridized carbons (Fsp3) is 0.714. The smallest absolute Gasteiger partial charge is 0.346 e. The van der Waals surface area contributed by atoms with Crippen LogP contribution in [0.5, 0.6) is 0 Å². The van der Waals surface area contributed by atoms with Crippen molar-refractivity contribution in [2.75, 3.05) is 6.54 Å². The van der Waals surface area contributed by atoms with Gasteiger partial charge in [-0.15, -0.1) is 6.58 Å². The largest absolute Gasteiger partial charge is 0.385 e. The van der Waals surface area contributed by atoms with Gasteiger partial charge in [-0.05, 0) is 31.1 Å². The molecule has 18 heavy (non-hydrogen) atoms. The predicted octanol–water partition coefficient (Wildman–Crippen LogP) is 2.69. The summed E-state index contributed by atoms with van der Waals surface area (Å²) in [5.74, 6) is 0.507. The Kier molecular flexibility index (Phi) is 3.21. The summed E-state index contributed by atoms with van der Waals surface area (Å²) in [6.07, 6.45) is 6.93. The Hall–Kier alpha value is -1.32. The van der Waals surface area contributed by atoms with Gasteiger partial charge in [0.05, 0.1) is 0 Å². The van der Waals surface area contributed by atoms with Crippen molar-refractivity contribution in [1.29, 1.82) is 0 Å². The van der Waals surface area contributed by atoms with Gasteiger partial charge < -0.3 is 10.6 Å². The number of hydrogen-bond donors (Lipinski definition) is 1. The van der Waals surface area contributed by atoms with Crippen molar-refractivity contribution >= 4 is 11.9 Å². The second-order valence-electron chi connectivity index (χ2n) is 6.23. The van der Waals surface area contributed by atoms with Crippen LogP contribution in [-0.4, -0.2) is 28.9 Å². The molecule has 0 bridgehead atoms. The molecule has 1 atom stereocenters. The SMILES string of the molecule is C=CCN1C(=O)N=C(N)C12CCCC(C)(C)CC2. The second kappa shape index (κ2) is 4.41. The second-order valence-corrected chi connectivity index (χ2v) is 6.23. The van der Waals surface area contributed by atoms with Crippen LogP contribution in [0.25, 0.3) is 0 Å². The number of urea groups is 1. The topological polar surface area (TPSA) is 58.7 Å². The van der Waals surface area contributed by atoms with Crippen LogP contribution in [0.4, 0.5) is 4.79 Å². The van der Waals surface area contributed by atoms with Crippen molar-refractivity contribution in [3.8, 4) is 0 Å². The number of amides is 2. The lowest BCUT2D eigenvalue weighted by molar-refractivity contribution is 0.167. The van der Waals surface area contributed by atoms with Crippen LogP contribution in [0.3, 0.4) is 0 Å². The third-order valence-electron chi connectivity index (χ3n) is 4.41. The van der Waals surface area contributed by atoms with Crippen LogP contribution in [0.15, 0.2) is 17.6 Å². The van der Waals surface area contributed by atoms with Crippen molar-refractivity contribution in [3.63, 3.8) is 0 Å². The van der Waals surface area contributed by atoms with Crippen molar-refractivity contribution in [1.82, 2.24) is 4.90 Å². The summed E-state index contributed by atoms with van der Waals surface area (Å²) < 4.78 is 0. The van der Waals surface area contributed by atoms with E-state index < -0.39 is 0 Å². The molecule has 1 spiro atoms. The Labute approximate surface area is 109 Å². The average Bonchev–Trinajstić information content (AvgIpc) is 2.44. The first-order valence-corrected chi connectivity index (χ1v) is 6.68. The highest BCUT2D eigenvalue weighted by atomic mass is 16.2. The molecule has 1 unspecified atom stereocenters. The van der Waals surface area contributed by atoms with E-state index in [9.17, 15) is 4.79 Å². The predicted molar refractivity (Wildman–Crippen MR) is 73.5 cm³/mol. The molecule has 4 nitrogen and oxygen atoms in total. The zero-order valence-corrected chi connectivity index (χ0v) is 11.4. The normalized spacial score (nSPS) is 31.3. The highest BCUT2D eigenvalue weighted by molar-refractivity contribution is 6.05. The molecule has 100 valence electrons. The molecule has 1 aliphatic heterocycles. The standard InChI is InChI=1S/C14H23N3O/c1-4-10-17-12(18)16-11(15)14(17)7-5-6-13(2,3)8-9-14/h4H,1,5-10H2,2-3H3,(H2,15,16,18).